The normalized spacial score (nSPS) is 20.7. The minimum Gasteiger partial charge on any atom is -0.469 e. The van der Waals surface area contributed by atoms with Gasteiger partial charge in [0, 0.05) is 24.2 Å². The Labute approximate surface area is 123 Å². The first-order chi connectivity index (χ1) is 10.4. The van der Waals surface area contributed by atoms with Crippen LogP contribution >= 0.6 is 0 Å². The summed E-state index contributed by atoms with van der Waals surface area (Å²) in [6, 6.07) is 6.41. The number of carbonyl (C=O) groups is 1. The van der Waals surface area contributed by atoms with Crippen molar-refractivity contribution in [2.75, 3.05) is 6.54 Å². The lowest BCUT2D eigenvalue weighted by molar-refractivity contribution is -0.118. The molecular weight excluding hydrogens is 297 g/mol. The molecule has 0 bridgehead atoms. The highest BCUT2D eigenvalue weighted by Crippen LogP contribution is 2.48. The van der Waals surface area contributed by atoms with Crippen LogP contribution in [0.2, 0.25) is 0 Å². The molecule has 0 radical (unpaired) electrons. The summed E-state index contributed by atoms with van der Waals surface area (Å²) >= 11 is 0. The molecule has 0 saturated heterocycles. The minimum atomic E-state index is -4.33. The lowest BCUT2D eigenvalue weighted by atomic mass is 10.2. The summed E-state index contributed by atoms with van der Waals surface area (Å²) in [4.78, 5) is 15.7. The minimum absolute atomic E-state index is 0.0876. The molecule has 3 rings (SSSR count). The Balaban J connectivity index is 1.67. The highest BCUT2D eigenvalue weighted by atomic mass is 19.4. The molecule has 7 heteroatoms. The molecular formula is C15H13F3N2O2. The zero-order valence-electron chi connectivity index (χ0n) is 11.5. The molecule has 0 aliphatic heterocycles. The highest BCUT2D eigenvalue weighted by Gasteiger charge is 2.46. The molecule has 116 valence electrons. The second kappa shape index (κ2) is 5.47. The van der Waals surface area contributed by atoms with Gasteiger partial charge in [-0.1, -0.05) is 0 Å². The van der Waals surface area contributed by atoms with Gasteiger partial charge in [-0.3, -0.25) is 14.4 Å². The topological polar surface area (TPSA) is 47.5 Å². The van der Waals surface area contributed by atoms with Crippen LogP contribution in [-0.2, 0) is 0 Å². The zero-order chi connectivity index (χ0) is 15.7. The quantitative estimate of drug-likeness (QED) is 0.875. The van der Waals surface area contributed by atoms with Crippen molar-refractivity contribution >= 4 is 5.91 Å². The van der Waals surface area contributed by atoms with E-state index in [-0.39, 0.29) is 23.1 Å². The third-order valence-corrected chi connectivity index (χ3v) is 3.52. The van der Waals surface area contributed by atoms with E-state index in [0.717, 1.165) is 12.2 Å². The van der Waals surface area contributed by atoms with Crippen LogP contribution in [0, 0.1) is 5.92 Å². The highest BCUT2D eigenvalue weighted by molar-refractivity contribution is 5.84. The van der Waals surface area contributed by atoms with Crippen LogP contribution in [0.15, 0.2) is 52.3 Å². The molecule has 2 aromatic rings. The van der Waals surface area contributed by atoms with E-state index < -0.39 is 12.7 Å². The lowest BCUT2D eigenvalue weighted by Crippen LogP contribution is -2.18. The summed E-state index contributed by atoms with van der Waals surface area (Å²) in [6.07, 6.45) is 0.842. The number of hydrogen-bond acceptors (Lipinski definition) is 3. The second-order valence-corrected chi connectivity index (χ2v) is 5.20. The first kappa shape index (κ1) is 14.6. The molecule has 0 aromatic carbocycles. The Morgan fingerprint density at radius 2 is 2.05 bits per heavy atom. The number of hydrogen-bond donors (Lipinski definition) is 0. The molecule has 1 aliphatic rings. The van der Waals surface area contributed by atoms with Gasteiger partial charge in [0.15, 0.2) is 0 Å². The largest absolute Gasteiger partial charge is 0.469 e. The summed E-state index contributed by atoms with van der Waals surface area (Å²) in [5, 5.41) is 0.194. The van der Waals surface area contributed by atoms with E-state index in [0.29, 0.717) is 0 Å². The Morgan fingerprint density at radius 3 is 2.64 bits per heavy atom. The van der Waals surface area contributed by atoms with Crippen molar-refractivity contribution in [3.63, 3.8) is 0 Å². The molecule has 2 heterocycles. The molecule has 1 aliphatic carbocycles. The summed E-state index contributed by atoms with van der Waals surface area (Å²) in [5.74, 6) is 0.637. The predicted molar refractivity (Wildman–Crippen MR) is 71.1 cm³/mol. The fourth-order valence-corrected chi connectivity index (χ4v) is 2.33. The first-order valence-corrected chi connectivity index (χ1v) is 6.77. The van der Waals surface area contributed by atoms with Crippen LogP contribution in [0.5, 0.6) is 0 Å². The Kier molecular flexibility index (Phi) is 3.64. The van der Waals surface area contributed by atoms with Gasteiger partial charge in [0.05, 0.1) is 11.6 Å². The van der Waals surface area contributed by atoms with Crippen LogP contribution in [-0.4, -0.2) is 23.2 Å². The van der Waals surface area contributed by atoms with Crippen molar-refractivity contribution in [2.45, 2.75) is 18.5 Å². The number of nitrogens with zero attached hydrogens (tertiary/aromatic N) is 2. The number of halogens is 3. The number of rotatable bonds is 3. The molecule has 0 unspecified atom stereocenters. The van der Waals surface area contributed by atoms with Gasteiger partial charge in [-0.25, -0.2) is 0 Å². The van der Waals surface area contributed by atoms with Crippen molar-refractivity contribution < 1.29 is 22.4 Å². The van der Waals surface area contributed by atoms with Gasteiger partial charge in [-0.15, -0.1) is 0 Å². The number of furan rings is 1. The predicted octanol–water partition coefficient (Wildman–Crippen LogP) is 2.99. The second-order valence-electron chi connectivity index (χ2n) is 5.20. The van der Waals surface area contributed by atoms with Gasteiger partial charge in [-0.05, 0) is 30.7 Å². The van der Waals surface area contributed by atoms with Crippen LogP contribution in [0.3, 0.4) is 0 Å². The van der Waals surface area contributed by atoms with Gasteiger partial charge >= 0.3 is 6.18 Å². The van der Waals surface area contributed by atoms with E-state index in [1.807, 2.05) is 6.07 Å². The maximum atomic E-state index is 12.3. The molecule has 1 fully saturated rings. The van der Waals surface area contributed by atoms with E-state index >= 15 is 0 Å². The van der Waals surface area contributed by atoms with Gasteiger partial charge in [0.2, 0.25) is 5.91 Å². The van der Waals surface area contributed by atoms with Crippen LogP contribution in [0.25, 0.3) is 0 Å². The maximum absolute atomic E-state index is 12.3. The molecule has 2 aromatic heterocycles. The fourth-order valence-electron chi connectivity index (χ4n) is 2.33. The molecule has 22 heavy (non-hydrogen) atoms. The van der Waals surface area contributed by atoms with E-state index in [4.69, 9.17) is 4.42 Å². The average molecular weight is 310 g/mol. The average Bonchev–Trinajstić information content (AvgIpc) is 3.09. The molecule has 4 nitrogen and oxygen atoms in total. The number of pyridine rings is 1. The third kappa shape index (κ3) is 3.29. The summed E-state index contributed by atoms with van der Waals surface area (Å²) in [7, 11) is 0. The first-order valence-electron chi connectivity index (χ1n) is 6.77. The number of carbonyl (C=O) groups excluding carboxylic acids is 1. The van der Waals surface area contributed by atoms with E-state index in [1.54, 1.807) is 12.3 Å². The van der Waals surface area contributed by atoms with E-state index in [1.165, 1.54) is 29.1 Å². The monoisotopic (exact) mass is 310 g/mol. The summed E-state index contributed by atoms with van der Waals surface area (Å²) in [6.45, 7) is -1.23. The van der Waals surface area contributed by atoms with Gasteiger partial charge in [0.25, 0.3) is 0 Å². The number of alkyl halides is 3. The van der Waals surface area contributed by atoms with Crippen molar-refractivity contribution in [2.24, 2.45) is 10.9 Å². The molecule has 0 amide bonds. The van der Waals surface area contributed by atoms with Crippen molar-refractivity contribution in [1.82, 2.24) is 4.57 Å². The maximum Gasteiger partial charge on any atom is 0.407 e. The Morgan fingerprint density at radius 1 is 1.32 bits per heavy atom. The van der Waals surface area contributed by atoms with Crippen LogP contribution in [0.4, 0.5) is 13.2 Å². The van der Waals surface area contributed by atoms with Gasteiger partial charge < -0.3 is 4.42 Å². The number of aromatic nitrogens is 1. The standard InChI is InChI=1S/C15H13F3N2O2/c16-15(17,18)9-19-10-3-5-20(6-4-10)14(21)12-8-11(12)13-2-1-7-22-13/h1-7,11-12H,8-9H2/t11-,12-/m1/s1. The molecule has 1 saturated carbocycles. The molecule has 0 N–H and O–H groups in total. The van der Waals surface area contributed by atoms with Gasteiger partial charge in [0.1, 0.15) is 12.3 Å². The van der Waals surface area contributed by atoms with Crippen LogP contribution in [0.1, 0.15) is 22.9 Å². The van der Waals surface area contributed by atoms with Crippen molar-refractivity contribution in [3.05, 3.63) is 54.0 Å². The Hall–Kier alpha value is -2.31. The van der Waals surface area contributed by atoms with Crippen molar-refractivity contribution in [3.8, 4) is 0 Å². The van der Waals surface area contributed by atoms with Gasteiger partial charge in [-0.2, -0.15) is 13.2 Å². The SMILES string of the molecule is O=C([C@@H]1C[C@H]1c1ccco1)n1ccc(=NCC(F)(F)F)cc1. The molecule has 2 atom stereocenters. The van der Waals surface area contributed by atoms with Crippen LogP contribution < -0.4 is 5.36 Å². The molecule has 0 spiro atoms. The third-order valence-electron chi connectivity index (χ3n) is 3.52. The van der Waals surface area contributed by atoms with E-state index in [2.05, 4.69) is 4.99 Å². The zero-order valence-corrected chi connectivity index (χ0v) is 11.5. The van der Waals surface area contributed by atoms with E-state index in [9.17, 15) is 18.0 Å². The fraction of sp³-hybridized carbons (Fsp3) is 0.333. The smallest absolute Gasteiger partial charge is 0.407 e. The summed E-state index contributed by atoms with van der Waals surface area (Å²) in [5.41, 5.74) is 0. The Bertz CT molecular complexity index is 711. The lowest BCUT2D eigenvalue weighted by Gasteiger charge is -2.04. The van der Waals surface area contributed by atoms with Crippen molar-refractivity contribution in [1.29, 1.82) is 0 Å². The summed E-state index contributed by atoms with van der Waals surface area (Å²) < 4.78 is 42.9.